The Morgan fingerprint density at radius 1 is 1.35 bits per heavy atom. The molecule has 2 aliphatic rings. The summed E-state index contributed by atoms with van der Waals surface area (Å²) in [5, 5.41) is 3.26. The van der Waals surface area contributed by atoms with E-state index in [4.69, 9.17) is 0 Å². The topological polar surface area (TPSA) is 41.6 Å². The molecule has 2 atom stereocenters. The van der Waals surface area contributed by atoms with E-state index in [2.05, 4.69) is 10.1 Å². The highest BCUT2D eigenvalue weighted by atomic mass is 19.2. The summed E-state index contributed by atoms with van der Waals surface area (Å²) in [6.45, 7) is 2.42. The highest BCUT2D eigenvalue weighted by molar-refractivity contribution is 5.90. The molecule has 6 heteroatoms. The van der Waals surface area contributed by atoms with Gasteiger partial charge in [0.05, 0.1) is 18.4 Å². The molecular weight excluding hydrogens is 266 g/mol. The quantitative estimate of drug-likeness (QED) is 0.836. The average molecular weight is 282 g/mol. The number of hydrogen-bond donors (Lipinski definition) is 1. The Morgan fingerprint density at radius 3 is 2.90 bits per heavy atom. The van der Waals surface area contributed by atoms with Gasteiger partial charge in [-0.3, -0.25) is 0 Å². The molecule has 20 heavy (non-hydrogen) atoms. The van der Waals surface area contributed by atoms with E-state index in [-0.39, 0.29) is 17.3 Å². The first-order valence-corrected chi connectivity index (χ1v) is 6.67. The second-order valence-corrected chi connectivity index (χ2v) is 5.22. The van der Waals surface area contributed by atoms with Gasteiger partial charge in [-0.15, -0.1) is 0 Å². The number of nitrogens with zero attached hydrogens (tertiary/aromatic N) is 1. The molecule has 1 aromatic carbocycles. The molecule has 0 bridgehead atoms. The van der Waals surface area contributed by atoms with Crippen molar-refractivity contribution in [3.8, 4) is 0 Å². The van der Waals surface area contributed by atoms with Crippen molar-refractivity contribution in [3.63, 3.8) is 0 Å². The van der Waals surface area contributed by atoms with Crippen molar-refractivity contribution in [2.45, 2.75) is 12.5 Å². The lowest BCUT2D eigenvalue weighted by Crippen LogP contribution is -2.35. The van der Waals surface area contributed by atoms with Gasteiger partial charge in [0.2, 0.25) is 0 Å². The maximum absolute atomic E-state index is 14.2. The van der Waals surface area contributed by atoms with Crippen LogP contribution in [0.15, 0.2) is 12.1 Å². The highest BCUT2D eigenvalue weighted by Crippen LogP contribution is 2.34. The van der Waals surface area contributed by atoms with Gasteiger partial charge in [0.25, 0.3) is 0 Å². The second-order valence-electron chi connectivity index (χ2n) is 5.22. The molecule has 0 radical (unpaired) electrons. The zero-order valence-electron chi connectivity index (χ0n) is 11.2. The molecule has 1 aromatic rings. The number of methoxy groups -OCH3 is 1. The number of hydrogen-bond acceptors (Lipinski definition) is 4. The van der Waals surface area contributed by atoms with Gasteiger partial charge in [-0.25, -0.2) is 13.6 Å². The minimum Gasteiger partial charge on any atom is -0.465 e. The van der Waals surface area contributed by atoms with Gasteiger partial charge in [0.1, 0.15) is 0 Å². The second kappa shape index (κ2) is 5.01. The number of carbonyl (C=O) groups excluding carboxylic acids is 1. The molecule has 3 rings (SSSR count). The van der Waals surface area contributed by atoms with Gasteiger partial charge in [-0.05, 0) is 24.5 Å². The van der Waals surface area contributed by atoms with Crippen LogP contribution < -0.4 is 10.2 Å². The lowest BCUT2D eigenvalue weighted by atomic mass is 10.0. The number of anilines is 1. The van der Waals surface area contributed by atoms with Gasteiger partial charge in [0.15, 0.2) is 11.6 Å². The molecule has 0 aromatic heterocycles. The van der Waals surface area contributed by atoms with Crippen LogP contribution in [-0.2, 0) is 4.74 Å². The van der Waals surface area contributed by atoms with Crippen LogP contribution in [0, 0.1) is 17.6 Å². The number of ether oxygens (including phenoxy) is 1. The van der Waals surface area contributed by atoms with Gasteiger partial charge in [-0.1, -0.05) is 0 Å². The van der Waals surface area contributed by atoms with E-state index >= 15 is 0 Å². The minimum absolute atomic E-state index is 0.202. The summed E-state index contributed by atoms with van der Waals surface area (Å²) in [6.07, 6.45) is 0.970. The summed E-state index contributed by atoms with van der Waals surface area (Å²) in [5.41, 5.74) is -0.139. The zero-order chi connectivity index (χ0) is 14.3. The number of esters is 1. The lowest BCUT2D eigenvalue weighted by molar-refractivity contribution is 0.0594. The Hall–Kier alpha value is -1.69. The first-order chi connectivity index (χ1) is 9.63. The summed E-state index contributed by atoms with van der Waals surface area (Å²) in [5.74, 6) is -2.49. The Bertz CT molecular complexity index is 550. The number of nitrogens with one attached hydrogen (secondary N) is 1. The summed E-state index contributed by atoms with van der Waals surface area (Å²) in [4.78, 5) is 13.2. The standard InChI is InChI=1S/C14H16F2N2O2/c1-20-14(19)9-2-3-10(13(16)12(9)15)18-5-4-8-6-17-7-11(8)18/h2-3,8,11,17H,4-7H2,1H3/t8-,11+/m0/s1. The largest absolute Gasteiger partial charge is 0.465 e. The maximum Gasteiger partial charge on any atom is 0.340 e. The van der Waals surface area contributed by atoms with Crippen LogP contribution in [0.4, 0.5) is 14.5 Å². The van der Waals surface area contributed by atoms with Crippen molar-refractivity contribution >= 4 is 11.7 Å². The Labute approximate surface area is 115 Å². The number of carbonyl (C=O) groups is 1. The Kier molecular flexibility index (Phi) is 3.33. The van der Waals surface area contributed by atoms with Crippen LogP contribution in [0.5, 0.6) is 0 Å². The fourth-order valence-corrected chi connectivity index (χ4v) is 3.18. The van der Waals surface area contributed by atoms with Gasteiger partial charge in [-0.2, -0.15) is 0 Å². The third-order valence-corrected chi connectivity index (χ3v) is 4.22. The predicted octanol–water partition coefficient (Wildman–Crippen LogP) is 1.55. The molecule has 2 fully saturated rings. The van der Waals surface area contributed by atoms with Crippen LogP contribution >= 0.6 is 0 Å². The first kappa shape index (κ1) is 13.3. The van der Waals surface area contributed by atoms with E-state index in [1.54, 1.807) is 0 Å². The smallest absolute Gasteiger partial charge is 0.340 e. The van der Waals surface area contributed by atoms with Crippen molar-refractivity contribution in [1.82, 2.24) is 5.32 Å². The first-order valence-electron chi connectivity index (χ1n) is 6.67. The molecule has 0 amide bonds. The molecule has 0 saturated carbocycles. The fourth-order valence-electron chi connectivity index (χ4n) is 3.18. The average Bonchev–Trinajstić information content (AvgIpc) is 3.04. The molecule has 2 saturated heterocycles. The number of rotatable bonds is 2. The number of benzene rings is 1. The molecular formula is C14H16F2N2O2. The van der Waals surface area contributed by atoms with Gasteiger partial charge < -0.3 is 15.0 Å². The van der Waals surface area contributed by atoms with Crippen LogP contribution in [0.25, 0.3) is 0 Å². The highest BCUT2D eigenvalue weighted by Gasteiger charge is 2.39. The Morgan fingerprint density at radius 2 is 2.15 bits per heavy atom. The van der Waals surface area contributed by atoms with E-state index in [1.807, 2.05) is 4.90 Å². The fraction of sp³-hybridized carbons (Fsp3) is 0.500. The maximum atomic E-state index is 14.2. The Balaban J connectivity index is 1.95. The third kappa shape index (κ3) is 1.95. The SMILES string of the molecule is COC(=O)c1ccc(N2CC[C@H]3CNC[C@H]32)c(F)c1F. The molecule has 0 unspecified atom stereocenters. The van der Waals surface area contributed by atoms with Crippen molar-refractivity contribution in [3.05, 3.63) is 29.3 Å². The van der Waals surface area contributed by atoms with Crippen LogP contribution in [0.2, 0.25) is 0 Å². The van der Waals surface area contributed by atoms with Gasteiger partial charge in [0, 0.05) is 25.7 Å². The van der Waals surface area contributed by atoms with Crippen LogP contribution in [0.3, 0.4) is 0 Å². The number of halogens is 2. The van der Waals surface area contributed by atoms with E-state index < -0.39 is 17.6 Å². The zero-order valence-corrected chi connectivity index (χ0v) is 11.2. The normalized spacial score (nSPS) is 24.9. The lowest BCUT2D eigenvalue weighted by Gasteiger charge is -2.26. The summed E-state index contributed by atoms with van der Waals surface area (Å²) >= 11 is 0. The van der Waals surface area contributed by atoms with E-state index in [0.29, 0.717) is 12.5 Å². The molecule has 4 nitrogen and oxygen atoms in total. The summed E-state index contributed by atoms with van der Waals surface area (Å²) < 4.78 is 32.6. The molecule has 0 aliphatic carbocycles. The number of fused-ring (bicyclic) bond motifs is 1. The van der Waals surface area contributed by atoms with E-state index in [0.717, 1.165) is 26.6 Å². The molecule has 2 aliphatic heterocycles. The molecule has 108 valence electrons. The van der Waals surface area contributed by atoms with Crippen LogP contribution in [-0.4, -0.2) is 38.8 Å². The summed E-state index contributed by atoms with van der Waals surface area (Å²) in [6, 6.07) is 2.95. The monoisotopic (exact) mass is 282 g/mol. The third-order valence-electron chi connectivity index (χ3n) is 4.22. The van der Waals surface area contributed by atoms with Gasteiger partial charge >= 0.3 is 5.97 Å². The van der Waals surface area contributed by atoms with Crippen molar-refractivity contribution in [2.75, 3.05) is 31.6 Å². The van der Waals surface area contributed by atoms with Crippen molar-refractivity contribution in [1.29, 1.82) is 0 Å². The van der Waals surface area contributed by atoms with Crippen molar-refractivity contribution < 1.29 is 18.3 Å². The minimum atomic E-state index is -1.14. The van der Waals surface area contributed by atoms with Crippen molar-refractivity contribution in [2.24, 2.45) is 5.92 Å². The molecule has 0 spiro atoms. The van der Waals surface area contributed by atoms with E-state index in [9.17, 15) is 13.6 Å². The predicted molar refractivity (Wildman–Crippen MR) is 69.8 cm³/mol. The van der Waals surface area contributed by atoms with E-state index in [1.165, 1.54) is 12.1 Å². The molecule has 1 N–H and O–H groups in total. The summed E-state index contributed by atoms with van der Waals surface area (Å²) in [7, 11) is 1.14. The molecule has 2 heterocycles. The van der Waals surface area contributed by atoms with Crippen LogP contribution in [0.1, 0.15) is 16.8 Å².